The molecular weight excluding hydrogens is 270 g/mol. The van der Waals surface area contributed by atoms with Crippen LogP contribution in [-0.4, -0.2) is 29.6 Å². The molecule has 0 bridgehead atoms. The number of hydrogen-bond acceptors (Lipinski definition) is 3. The van der Waals surface area contributed by atoms with Gasteiger partial charge in [-0.1, -0.05) is 43.2 Å². The fraction of sp³-hybridized carbons (Fsp3) is 0.500. The van der Waals surface area contributed by atoms with Crippen molar-refractivity contribution in [3.8, 4) is 0 Å². The second-order valence-electron chi connectivity index (χ2n) is 5.38. The molecule has 0 spiro atoms. The Labute approximate surface area is 124 Å². The SMILES string of the molecule is O=C(COCc1ccccc1)N[C@H]1CCCC[C@H]1C(=O)O. The minimum Gasteiger partial charge on any atom is -0.481 e. The summed E-state index contributed by atoms with van der Waals surface area (Å²) in [6.07, 6.45) is 3.22. The summed E-state index contributed by atoms with van der Waals surface area (Å²) < 4.78 is 5.36. The topological polar surface area (TPSA) is 75.6 Å². The zero-order valence-electron chi connectivity index (χ0n) is 12.0. The number of nitrogens with one attached hydrogen (secondary N) is 1. The Bertz CT molecular complexity index is 474. The van der Waals surface area contributed by atoms with Crippen molar-refractivity contribution < 1.29 is 19.4 Å². The van der Waals surface area contributed by atoms with Crippen molar-refractivity contribution >= 4 is 11.9 Å². The van der Waals surface area contributed by atoms with E-state index in [0.29, 0.717) is 13.0 Å². The fourth-order valence-electron chi connectivity index (χ4n) is 2.68. The van der Waals surface area contributed by atoms with Gasteiger partial charge in [-0.2, -0.15) is 0 Å². The lowest BCUT2D eigenvalue weighted by molar-refractivity contribution is -0.144. The molecule has 0 saturated heterocycles. The highest BCUT2D eigenvalue weighted by Crippen LogP contribution is 2.24. The Balaban J connectivity index is 1.74. The molecule has 21 heavy (non-hydrogen) atoms. The highest BCUT2D eigenvalue weighted by molar-refractivity contribution is 5.79. The highest BCUT2D eigenvalue weighted by Gasteiger charge is 2.31. The number of benzene rings is 1. The standard InChI is InChI=1S/C16H21NO4/c18-15(11-21-10-12-6-2-1-3-7-12)17-14-9-5-4-8-13(14)16(19)20/h1-3,6-7,13-14H,4-5,8-11H2,(H,17,18)(H,19,20)/t13-,14+/m1/s1. The lowest BCUT2D eigenvalue weighted by Gasteiger charge is -2.29. The number of aliphatic carboxylic acids is 1. The van der Waals surface area contributed by atoms with E-state index in [4.69, 9.17) is 9.84 Å². The van der Waals surface area contributed by atoms with Gasteiger partial charge in [0, 0.05) is 6.04 Å². The van der Waals surface area contributed by atoms with E-state index in [1.165, 1.54) is 0 Å². The van der Waals surface area contributed by atoms with E-state index in [2.05, 4.69) is 5.32 Å². The third-order valence-corrected chi connectivity index (χ3v) is 3.77. The molecular formula is C16H21NO4. The summed E-state index contributed by atoms with van der Waals surface area (Å²) in [4.78, 5) is 23.0. The molecule has 1 aromatic rings. The van der Waals surface area contributed by atoms with Crippen LogP contribution in [0.25, 0.3) is 0 Å². The Hall–Kier alpha value is -1.88. The average molecular weight is 291 g/mol. The van der Waals surface area contributed by atoms with Crippen LogP contribution in [-0.2, 0) is 20.9 Å². The van der Waals surface area contributed by atoms with Gasteiger partial charge in [0.2, 0.25) is 5.91 Å². The van der Waals surface area contributed by atoms with Crippen LogP contribution in [0, 0.1) is 5.92 Å². The van der Waals surface area contributed by atoms with Gasteiger partial charge < -0.3 is 15.2 Å². The average Bonchev–Trinajstić information content (AvgIpc) is 2.48. The van der Waals surface area contributed by atoms with Crippen molar-refractivity contribution in [3.05, 3.63) is 35.9 Å². The van der Waals surface area contributed by atoms with Crippen LogP contribution >= 0.6 is 0 Å². The third-order valence-electron chi connectivity index (χ3n) is 3.77. The summed E-state index contributed by atoms with van der Waals surface area (Å²) in [5.41, 5.74) is 1.01. The van der Waals surface area contributed by atoms with E-state index < -0.39 is 11.9 Å². The van der Waals surface area contributed by atoms with Gasteiger partial charge >= 0.3 is 5.97 Å². The van der Waals surface area contributed by atoms with E-state index in [-0.39, 0.29) is 18.6 Å². The van der Waals surface area contributed by atoms with Crippen molar-refractivity contribution in [3.63, 3.8) is 0 Å². The molecule has 1 saturated carbocycles. The zero-order valence-corrected chi connectivity index (χ0v) is 12.0. The van der Waals surface area contributed by atoms with Gasteiger partial charge in [0.25, 0.3) is 0 Å². The summed E-state index contributed by atoms with van der Waals surface area (Å²) in [6.45, 7) is 0.332. The van der Waals surface area contributed by atoms with Crippen molar-refractivity contribution in [2.45, 2.75) is 38.3 Å². The molecule has 1 aliphatic carbocycles. The molecule has 0 radical (unpaired) electrons. The second-order valence-corrected chi connectivity index (χ2v) is 5.38. The second kappa shape index (κ2) is 7.78. The van der Waals surface area contributed by atoms with Crippen LogP contribution in [0.15, 0.2) is 30.3 Å². The molecule has 0 heterocycles. The number of carboxylic acid groups (broad SMARTS) is 1. The maximum atomic E-state index is 11.8. The summed E-state index contributed by atoms with van der Waals surface area (Å²) in [6, 6.07) is 9.34. The molecule has 0 unspecified atom stereocenters. The number of carbonyl (C=O) groups is 2. The molecule has 5 nitrogen and oxygen atoms in total. The Morgan fingerprint density at radius 1 is 1.19 bits per heavy atom. The van der Waals surface area contributed by atoms with Crippen molar-refractivity contribution in [2.24, 2.45) is 5.92 Å². The molecule has 2 rings (SSSR count). The largest absolute Gasteiger partial charge is 0.481 e. The van der Waals surface area contributed by atoms with Crippen molar-refractivity contribution in [2.75, 3.05) is 6.61 Å². The molecule has 2 N–H and O–H groups in total. The van der Waals surface area contributed by atoms with Crippen LogP contribution < -0.4 is 5.32 Å². The van der Waals surface area contributed by atoms with Crippen LogP contribution in [0.1, 0.15) is 31.2 Å². The lowest BCUT2D eigenvalue weighted by atomic mass is 9.84. The first-order valence-corrected chi connectivity index (χ1v) is 7.30. The van der Waals surface area contributed by atoms with Crippen LogP contribution in [0.2, 0.25) is 0 Å². The predicted octanol–water partition coefficient (Wildman–Crippen LogP) is 1.96. The van der Waals surface area contributed by atoms with Gasteiger partial charge in [0.15, 0.2) is 0 Å². The van der Waals surface area contributed by atoms with Gasteiger partial charge in [-0.25, -0.2) is 0 Å². The lowest BCUT2D eigenvalue weighted by Crippen LogP contribution is -2.46. The molecule has 1 fully saturated rings. The van der Waals surface area contributed by atoms with Crippen LogP contribution in [0.3, 0.4) is 0 Å². The minimum atomic E-state index is -0.829. The number of ether oxygens (including phenoxy) is 1. The molecule has 5 heteroatoms. The van der Waals surface area contributed by atoms with E-state index >= 15 is 0 Å². The van der Waals surface area contributed by atoms with Crippen molar-refractivity contribution in [1.29, 1.82) is 0 Å². The molecule has 1 aliphatic rings. The summed E-state index contributed by atoms with van der Waals surface area (Å²) in [7, 11) is 0. The number of hydrogen-bond donors (Lipinski definition) is 2. The molecule has 2 atom stereocenters. The fourth-order valence-corrected chi connectivity index (χ4v) is 2.68. The van der Waals surface area contributed by atoms with E-state index in [1.807, 2.05) is 30.3 Å². The van der Waals surface area contributed by atoms with E-state index in [0.717, 1.165) is 24.8 Å². The Morgan fingerprint density at radius 2 is 1.90 bits per heavy atom. The maximum absolute atomic E-state index is 11.8. The summed E-state index contributed by atoms with van der Waals surface area (Å²) in [5, 5.41) is 12.0. The maximum Gasteiger partial charge on any atom is 0.308 e. The van der Waals surface area contributed by atoms with Gasteiger partial charge in [0.1, 0.15) is 6.61 Å². The smallest absolute Gasteiger partial charge is 0.308 e. The van der Waals surface area contributed by atoms with Crippen molar-refractivity contribution in [1.82, 2.24) is 5.32 Å². The van der Waals surface area contributed by atoms with Gasteiger partial charge in [-0.15, -0.1) is 0 Å². The molecule has 114 valence electrons. The number of carboxylic acids is 1. The Kier molecular flexibility index (Phi) is 5.75. The first-order chi connectivity index (χ1) is 10.2. The highest BCUT2D eigenvalue weighted by atomic mass is 16.5. The van der Waals surface area contributed by atoms with E-state index in [9.17, 15) is 9.59 Å². The minimum absolute atomic E-state index is 0.0439. The molecule has 1 amide bonds. The predicted molar refractivity (Wildman–Crippen MR) is 77.6 cm³/mol. The van der Waals surface area contributed by atoms with Crippen LogP contribution in [0.4, 0.5) is 0 Å². The number of rotatable bonds is 6. The summed E-state index contributed by atoms with van der Waals surface area (Å²) >= 11 is 0. The third kappa shape index (κ3) is 4.86. The number of carbonyl (C=O) groups excluding carboxylic acids is 1. The van der Waals surface area contributed by atoms with Gasteiger partial charge in [-0.3, -0.25) is 9.59 Å². The quantitative estimate of drug-likeness (QED) is 0.840. The van der Waals surface area contributed by atoms with Gasteiger partial charge in [-0.05, 0) is 18.4 Å². The van der Waals surface area contributed by atoms with Crippen LogP contribution in [0.5, 0.6) is 0 Å². The molecule has 0 aromatic heterocycles. The monoisotopic (exact) mass is 291 g/mol. The normalized spacial score (nSPS) is 21.7. The van der Waals surface area contributed by atoms with Gasteiger partial charge in [0.05, 0.1) is 12.5 Å². The zero-order chi connectivity index (χ0) is 15.1. The van der Waals surface area contributed by atoms with E-state index in [1.54, 1.807) is 0 Å². The Morgan fingerprint density at radius 3 is 2.62 bits per heavy atom. The first kappa shape index (κ1) is 15.5. The summed E-state index contributed by atoms with van der Waals surface area (Å²) in [5.74, 6) is -1.55. The number of amides is 1. The molecule has 0 aliphatic heterocycles. The first-order valence-electron chi connectivity index (χ1n) is 7.30. The molecule has 1 aromatic carbocycles.